The van der Waals surface area contributed by atoms with Gasteiger partial charge in [0.2, 0.25) is 5.91 Å². The Kier molecular flexibility index (Phi) is 3.15. The number of fused-ring (bicyclic) bond motifs is 3. The van der Waals surface area contributed by atoms with Gasteiger partial charge in [0.25, 0.3) is 0 Å². The summed E-state index contributed by atoms with van der Waals surface area (Å²) >= 11 is 3.27. The Hall–Kier alpha value is -1.61. The lowest BCUT2D eigenvalue weighted by molar-refractivity contribution is -0.115. The zero-order valence-corrected chi connectivity index (χ0v) is 12.2. The summed E-state index contributed by atoms with van der Waals surface area (Å²) in [4.78, 5) is 11.5. The molecule has 0 bridgehead atoms. The van der Waals surface area contributed by atoms with E-state index in [1.165, 1.54) is 22.3 Å². The highest BCUT2D eigenvalue weighted by Gasteiger charge is 2.18. The van der Waals surface area contributed by atoms with Crippen LogP contribution in [0.25, 0.3) is 11.1 Å². The quantitative estimate of drug-likeness (QED) is 0.712. The fourth-order valence-electron chi connectivity index (χ4n) is 2.46. The molecule has 3 rings (SSSR count). The molecular formula is C16H14BrNO. The van der Waals surface area contributed by atoms with Gasteiger partial charge in [-0.3, -0.25) is 4.79 Å². The number of hydrogen-bond donors (Lipinski definition) is 1. The molecular weight excluding hydrogens is 302 g/mol. The summed E-state index contributed by atoms with van der Waals surface area (Å²) in [6, 6.07) is 14.6. The summed E-state index contributed by atoms with van der Waals surface area (Å²) in [5.41, 5.74) is 6.09. The van der Waals surface area contributed by atoms with E-state index in [0.29, 0.717) is 0 Å². The molecule has 0 aromatic heterocycles. The second kappa shape index (κ2) is 4.82. The van der Waals surface area contributed by atoms with Gasteiger partial charge in [-0.1, -0.05) is 46.3 Å². The summed E-state index contributed by atoms with van der Waals surface area (Å²) < 4.78 is 0. The third-order valence-electron chi connectivity index (χ3n) is 3.42. The van der Waals surface area contributed by atoms with Crippen LogP contribution in [0.5, 0.6) is 0 Å². The van der Waals surface area contributed by atoms with Crippen LogP contribution in [-0.2, 0) is 11.2 Å². The van der Waals surface area contributed by atoms with E-state index in [1.54, 1.807) is 0 Å². The largest absolute Gasteiger partial charge is 0.325 e. The summed E-state index contributed by atoms with van der Waals surface area (Å²) in [7, 11) is 0. The van der Waals surface area contributed by atoms with Crippen LogP contribution in [0.15, 0.2) is 42.5 Å². The molecule has 1 aliphatic rings. The van der Waals surface area contributed by atoms with Crippen molar-refractivity contribution < 1.29 is 4.79 Å². The number of halogens is 1. The van der Waals surface area contributed by atoms with Crippen LogP contribution < -0.4 is 5.32 Å². The molecule has 3 heteroatoms. The van der Waals surface area contributed by atoms with E-state index >= 15 is 0 Å². The van der Waals surface area contributed by atoms with E-state index in [0.717, 1.165) is 12.1 Å². The van der Waals surface area contributed by atoms with Crippen LogP contribution in [-0.4, -0.2) is 10.7 Å². The smallest absolute Gasteiger partial charge is 0.237 e. The molecule has 0 aliphatic heterocycles. The number of carbonyl (C=O) groups excluding carboxylic acids is 1. The number of rotatable bonds is 2. The van der Waals surface area contributed by atoms with Gasteiger partial charge < -0.3 is 5.32 Å². The first-order valence-corrected chi connectivity index (χ1v) is 7.23. The maximum atomic E-state index is 11.7. The molecule has 2 nitrogen and oxygen atoms in total. The monoisotopic (exact) mass is 315 g/mol. The Morgan fingerprint density at radius 1 is 1.16 bits per heavy atom. The van der Waals surface area contributed by atoms with Gasteiger partial charge in [0, 0.05) is 5.69 Å². The first-order chi connectivity index (χ1) is 9.15. The highest BCUT2D eigenvalue weighted by Crippen LogP contribution is 2.37. The number of anilines is 1. The molecule has 2 aromatic rings. The lowest BCUT2D eigenvalue weighted by Crippen LogP contribution is -2.19. The zero-order chi connectivity index (χ0) is 13.4. The normalized spacial score (nSPS) is 13.6. The van der Waals surface area contributed by atoms with Gasteiger partial charge in [0.1, 0.15) is 0 Å². The van der Waals surface area contributed by atoms with Gasteiger partial charge in [-0.2, -0.15) is 0 Å². The van der Waals surface area contributed by atoms with Gasteiger partial charge >= 0.3 is 0 Å². The number of alkyl halides is 1. The first-order valence-electron chi connectivity index (χ1n) is 6.31. The van der Waals surface area contributed by atoms with E-state index in [-0.39, 0.29) is 10.7 Å². The molecule has 1 unspecified atom stereocenters. The van der Waals surface area contributed by atoms with E-state index < -0.39 is 0 Å². The summed E-state index contributed by atoms with van der Waals surface area (Å²) in [5, 5.41) is 2.91. The fraction of sp³-hybridized carbons (Fsp3) is 0.188. The van der Waals surface area contributed by atoms with Crippen molar-refractivity contribution in [3.05, 3.63) is 53.6 Å². The molecule has 2 aromatic carbocycles. The third kappa shape index (κ3) is 2.30. The maximum Gasteiger partial charge on any atom is 0.237 e. The Morgan fingerprint density at radius 3 is 2.68 bits per heavy atom. The number of nitrogens with one attached hydrogen (secondary N) is 1. The van der Waals surface area contributed by atoms with Crippen LogP contribution >= 0.6 is 15.9 Å². The van der Waals surface area contributed by atoms with E-state index in [4.69, 9.17) is 0 Å². The average molecular weight is 316 g/mol. The topological polar surface area (TPSA) is 29.1 Å². The van der Waals surface area contributed by atoms with E-state index in [2.05, 4.69) is 57.6 Å². The molecule has 96 valence electrons. The van der Waals surface area contributed by atoms with Crippen molar-refractivity contribution in [3.8, 4) is 11.1 Å². The SMILES string of the molecule is CC(Br)C(=O)Nc1ccc2c(c1)Cc1ccccc1-2. The highest BCUT2D eigenvalue weighted by atomic mass is 79.9. The predicted molar refractivity (Wildman–Crippen MR) is 81.7 cm³/mol. The molecule has 1 amide bonds. The molecule has 1 atom stereocenters. The fourth-order valence-corrected chi connectivity index (χ4v) is 2.58. The Balaban J connectivity index is 1.91. The van der Waals surface area contributed by atoms with Gasteiger partial charge in [0.05, 0.1) is 4.83 Å². The third-order valence-corrected chi connectivity index (χ3v) is 3.84. The van der Waals surface area contributed by atoms with Crippen molar-refractivity contribution in [2.45, 2.75) is 18.2 Å². The van der Waals surface area contributed by atoms with Gasteiger partial charge in [-0.05, 0) is 47.7 Å². The molecule has 0 saturated heterocycles. The molecule has 1 N–H and O–H groups in total. The summed E-state index contributed by atoms with van der Waals surface area (Å²) in [5.74, 6) is -0.0181. The molecule has 0 radical (unpaired) electrons. The molecule has 0 saturated carbocycles. The lowest BCUT2D eigenvalue weighted by atomic mass is 10.1. The predicted octanol–water partition coefficient (Wildman–Crippen LogP) is 3.98. The van der Waals surface area contributed by atoms with Crippen LogP contribution in [0.3, 0.4) is 0 Å². The number of carbonyl (C=O) groups is 1. The standard InChI is InChI=1S/C16H14BrNO/c1-10(17)16(19)18-13-6-7-15-12(9-13)8-11-4-2-3-5-14(11)15/h2-7,9-10H,8H2,1H3,(H,18,19). The zero-order valence-electron chi connectivity index (χ0n) is 10.6. The second-order valence-electron chi connectivity index (χ2n) is 4.81. The van der Waals surface area contributed by atoms with Crippen LogP contribution in [0.2, 0.25) is 0 Å². The van der Waals surface area contributed by atoms with Crippen molar-refractivity contribution >= 4 is 27.5 Å². The van der Waals surface area contributed by atoms with Crippen LogP contribution in [0.1, 0.15) is 18.1 Å². The number of hydrogen-bond acceptors (Lipinski definition) is 1. The summed E-state index contributed by atoms with van der Waals surface area (Å²) in [6.45, 7) is 1.82. The van der Waals surface area contributed by atoms with Crippen molar-refractivity contribution in [2.24, 2.45) is 0 Å². The molecule has 0 spiro atoms. The minimum absolute atomic E-state index is 0.0181. The number of benzene rings is 2. The van der Waals surface area contributed by atoms with Crippen LogP contribution in [0.4, 0.5) is 5.69 Å². The summed E-state index contributed by atoms with van der Waals surface area (Å²) in [6.07, 6.45) is 0.944. The molecule has 0 fully saturated rings. The number of amides is 1. The highest BCUT2D eigenvalue weighted by molar-refractivity contribution is 9.10. The minimum Gasteiger partial charge on any atom is -0.325 e. The Morgan fingerprint density at radius 2 is 1.89 bits per heavy atom. The Bertz CT molecular complexity index is 649. The molecule has 19 heavy (non-hydrogen) atoms. The minimum atomic E-state index is -0.182. The molecule has 1 aliphatic carbocycles. The second-order valence-corrected chi connectivity index (χ2v) is 6.18. The van der Waals surface area contributed by atoms with Gasteiger partial charge in [-0.15, -0.1) is 0 Å². The van der Waals surface area contributed by atoms with E-state index in [9.17, 15) is 4.79 Å². The van der Waals surface area contributed by atoms with Gasteiger partial charge in [-0.25, -0.2) is 0 Å². The lowest BCUT2D eigenvalue weighted by Gasteiger charge is -2.08. The Labute approximate surface area is 121 Å². The van der Waals surface area contributed by atoms with Crippen molar-refractivity contribution in [1.29, 1.82) is 0 Å². The first kappa shape index (κ1) is 12.4. The van der Waals surface area contributed by atoms with Gasteiger partial charge in [0.15, 0.2) is 0 Å². The maximum absolute atomic E-state index is 11.7. The van der Waals surface area contributed by atoms with Crippen molar-refractivity contribution in [3.63, 3.8) is 0 Å². The van der Waals surface area contributed by atoms with Crippen molar-refractivity contribution in [2.75, 3.05) is 5.32 Å². The van der Waals surface area contributed by atoms with E-state index in [1.807, 2.05) is 13.0 Å². The van der Waals surface area contributed by atoms with Crippen LogP contribution in [0, 0.1) is 0 Å². The molecule has 0 heterocycles. The van der Waals surface area contributed by atoms with Crippen molar-refractivity contribution in [1.82, 2.24) is 0 Å². The average Bonchev–Trinajstić information content (AvgIpc) is 2.76.